The number of rotatable bonds is 6. The maximum Gasteiger partial charge on any atom is 0.343 e. The van der Waals surface area contributed by atoms with E-state index in [2.05, 4.69) is 15.2 Å². The number of ether oxygens (including phenoxy) is 2. The summed E-state index contributed by atoms with van der Waals surface area (Å²) >= 11 is 0. The van der Waals surface area contributed by atoms with Gasteiger partial charge in [-0.2, -0.15) is 0 Å². The largest absolute Gasteiger partial charge is 0.482 e. The molecule has 0 aliphatic carbocycles. The van der Waals surface area contributed by atoms with Crippen molar-refractivity contribution in [3.63, 3.8) is 0 Å². The molecule has 0 saturated carbocycles. The van der Waals surface area contributed by atoms with Gasteiger partial charge in [-0.1, -0.05) is 5.16 Å². The monoisotopic (exact) mass is 356 g/mol. The van der Waals surface area contributed by atoms with Crippen molar-refractivity contribution in [3.8, 4) is 17.3 Å². The number of furan rings is 1. The van der Waals surface area contributed by atoms with Gasteiger partial charge in [-0.3, -0.25) is 4.79 Å². The molecule has 0 fully saturated rings. The highest BCUT2D eigenvalue weighted by Gasteiger charge is 2.16. The van der Waals surface area contributed by atoms with E-state index in [0.29, 0.717) is 23.0 Å². The number of esters is 1. The number of amides is 1. The number of carbonyl (C=O) groups is 2. The van der Waals surface area contributed by atoms with Crippen molar-refractivity contribution >= 4 is 17.6 Å². The Labute approximate surface area is 148 Å². The minimum atomic E-state index is -0.474. The van der Waals surface area contributed by atoms with Crippen LogP contribution in [0.4, 0.5) is 5.69 Å². The second kappa shape index (κ2) is 7.56. The molecule has 8 nitrogen and oxygen atoms in total. The van der Waals surface area contributed by atoms with Gasteiger partial charge in [0.15, 0.2) is 18.1 Å². The van der Waals surface area contributed by atoms with E-state index in [0.717, 1.165) is 5.56 Å². The van der Waals surface area contributed by atoms with Crippen LogP contribution in [0.15, 0.2) is 51.6 Å². The van der Waals surface area contributed by atoms with E-state index < -0.39 is 11.9 Å². The van der Waals surface area contributed by atoms with Crippen LogP contribution in [0.25, 0.3) is 11.5 Å². The average molecular weight is 356 g/mol. The standard InChI is InChI=1S/C18H16N2O6/c1-11-8-12(25-10-17(21)23-2)5-6-13(11)19-18(22)14-9-16(26-20-14)15-4-3-7-24-15/h3-9H,10H2,1-2H3,(H,19,22). The van der Waals surface area contributed by atoms with Crippen molar-refractivity contribution in [2.24, 2.45) is 0 Å². The molecule has 0 unspecified atom stereocenters. The minimum Gasteiger partial charge on any atom is -0.482 e. The molecule has 0 radical (unpaired) electrons. The number of anilines is 1. The maximum atomic E-state index is 12.3. The molecular formula is C18H16N2O6. The summed E-state index contributed by atoms with van der Waals surface area (Å²) in [6.45, 7) is 1.62. The zero-order chi connectivity index (χ0) is 18.5. The maximum absolute atomic E-state index is 12.3. The molecule has 0 bridgehead atoms. The van der Waals surface area contributed by atoms with Crippen LogP contribution in [0.5, 0.6) is 5.75 Å². The number of aromatic nitrogens is 1. The summed E-state index contributed by atoms with van der Waals surface area (Å²) in [7, 11) is 1.29. The van der Waals surface area contributed by atoms with Crippen LogP contribution in [0.1, 0.15) is 16.1 Å². The topological polar surface area (TPSA) is 104 Å². The highest BCUT2D eigenvalue weighted by Crippen LogP contribution is 2.24. The van der Waals surface area contributed by atoms with Gasteiger partial charge in [0.05, 0.1) is 13.4 Å². The SMILES string of the molecule is COC(=O)COc1ccc(NC(=O)c2cc(-c3ccco3)on2)c(C)c1. The molecule has 0 aliphatic rings. The fourth-order valence-electron chi connectivity index (χ4n) is 2.17. The first-order chi connectivity index (χ1) is 12.6. The molecule has 0 spiro atoms. The number of benzene rings is 1. The summed E-state index contributed by atoms with van der Waals surface area (Å²) < 4.78 is 20.1. The lowest BCUT2D eigenvalue weighted by Crippen LogP contribution is -2.14. The summed E-state index contributed by atoms with van der Waals surface area (Å²) in [5.74, 6) is 0.451. The van der Waals surface area contributed by atoms with E-state index in [9.17, 15) is 9.59 Å². The van der Waals surface area contributed by atoms with Gasteiger partial charge >= 0.3 is 5.97 Å². The molecule has 1 N–H and O–H groups in total. The first-order valence-corrected chi connectivity index (χ1v) is 7.69. The molecule has 0 aliphatic heterocycles. The van der Waals surface area contributed by atoms with Crippen molar-refractivity contribution < 1.29 is 28.0 Å². The molecule has 2 heterocycles. The van der Waals surface area contributed by atoms with E-state index in [1.807, 2.05) is 0 Å². The van der Waals surface area contributed by atoms with Crippen LogP contribution in [0, 0.1) is 6.92 Å². The molecule has 2 aromatic heterocycles. The van der Waals surface area contributed by atoms with E-state index in [1.165, 1.54) is 19.4 Å². The predicted octanol–water partition coefficient (Wildman–Crippen LogP) is 3.05. The van der Waals surface area contributed by atoms with Crippen LogP contribution in [-0.2, 0) is 9.53 Å². The highest BCUT2D eigenvalue weighted by atomic mass is 16.6. The Morgan fingerprint density at radius 2 is 2.04 bits per heavy atom. The number of aryl methyl sites for hydroxylation is 1. The zero-order valence-corrected chi connectivity index (χ0v) is 14.1. The Balaban J connectivity index is 1.66. The summed E-state index contributed by atoms with van der Waals surface area (Å²) in [6.07, 6.45) is 1.50. The van der Waals surface area contributed by atoms with Crippen LogP contribution in [0.2, 0.25) is 0 Å². The summed E-state index contributed by atoms with van der Waals surface area (Å²) in [4.78, 5) is 23.4. The lowest BCUT2D eigenvalue weighted by atomic mass is 10.2. The molecule has 0 atom stereocenters. The Hall–Kier alpha value is -3.55. The Kier molecular flexibility index (Phi) is 5.02. The predicted molar refractivity (Wildman–Crippen MR) is 90.8 cm³/mol. The Bertz CT molecular complexity index is 914. The number of nitrogens with one attached hydrogen (secondary N) is 1. The number of nitrogens with zero attached hydrogens (tertiary/aromatic N) is 1. The smallest absolute Gasteiger partial charge is 0.343 e. The van der Waals surface area contributed by atoms with E-state index in [4.69, 9.17) is 13.7 Å². The van der Waals surface area contributed by atoms with Gasteiger partial charge in [0.25, 0.3) is 5.91 Å². The molecule has 1 amide bonds. The normalized spacial score (nSPS) is 10.4. The zero-order valence-electron chi connectivity index (χ0n) is 14.1. The summed E-state index contributed by atoms with van der Waals surface area (Å²) in [6, 6.07) is 9.94. The fraction of sp³-hybridized carbons (Fsp3) is 0.167. The molecule has 3 aromatic rings. The van der Waals surface area contributed by atoms with Crippen molar-refractivity contribution in [1.29, 1.82) is 0 Å². The Morgan fingerprint density at radius 3 is 2.73 bits per heavy atom. The van der Waals surface area contributed by atoms with Gasteiger partial charge < -0.3 is 23.7 Å². The van der Waals surface area contributed by atoms with Gasteiger partial charge in [-0.05, 0) is 42.8 Å². The second-order valence-corrected chi connectivity index (χ2v) is 5.35. The molecule has 134 valence electrons. The van der Waals surface area contributed by atoms with Crippen LogP contribution < -0.4 is 10.1 Å². The quantitative estimate of drug-likeness (QED) is 0.677. The Morgan fingerprint density at radius 1 is 1.19 bits per heavy atom. The minimum absolute atomic E-state index is 0.127. The summed E-state index contributed by atoms with van der Waals surface area (Å²) in [5, 5.41) is 6.50. The number of carbonyl (C=O) groups excluding carboxylic acids is 2. The van der Waals surface area contributed by atoms with Crippen molar-refractivity contribution in [2.45, 2.75) is 6.92 Å². The number of hydrogen-bond donors (Lipinski definition) is 1. The van der Waals surface area contributed by atoms with E-state index >= 15 is 0 Å². The molecule has 8 heteroatoms. The van der Waals surface area contributed by atoms with Crippen molar-refractivity contribution in [3.05, 3.63) is 53.9 Å². The number of hydrogen-bond acceptors (Lipinski definition) is 7. The lowest BCUT2D eigenvalue weighted by Gasteiger charge is -2.10. The fourth-order valence-corrected chi connectivity index (χ4v) is 2.17. The highest BCUT2D eigenvalue weighted by molar-refractivity contribution is 6.03. The van der Waals surface area contributed by atoms with Crippen LogP contribution in [-0.4, -0.2) is 30.7 Å². The number of methoxy groups -OCH3 is 1. The lowest BCUT2D eigenvalue weighted by molar-refractivity contribution is -0.142. The molecule has 26 heavy (non-hydrogen) atoms. The second-order valence-electron chi connectivity index (χ2n) is 5.35. The van der Waals surface area contributed by atoms with Gasteiger partial charge in [-0.25, -0.2) is 4.79 Å². The third-order valence-electron chi connectivity index (χ3n) is 3.54. The average Bonchev–Trinajstić information content (AvgIpc) is 3.32. The first kappa shape index (κ1) is 17.3. The molecular weight excluding hydrogens is 340 g/mol. The van der Waals surface area contributed by atoms with Gasteiger partial charge in [-0.15, -0.1) is 0 Å². The summed E-state index contributed by atoms with van der Waals surface area (Å²) in [5.41, 5.74) is 1.47. The molecule has 1 aromatic carbocycles. The van der Waals surface area contributed by atoms with Crippen molar-refractivity contribution in [1.82, 2.24) is 5.16 Å². The van der Waals surface area contributed by atoms with Crippen LogP contribution in [0.3, 0.4) is 0 Å². The van der Waals surface area contributed by atoms with E-state index in [-0.39, 0.29) is 12.3 Å². The van der Waals surface area contributed by atoms with Crippen molar-refractivity contribution in [2.75, 3.05) is 19.0 Å². The first-order valence-electron chi connectivity index (χ1n) is 7.69. The van der Waals surface area contributed by atoms with Crippen LogP contribution >= 0.6 is 0 Å². The molecule has 3 rings (SSSR count). The van der Waals surface area contributed by atoms with Gasteiger partial charge in [0.2, 0.25) is 5.76 Å². The van der Waals surface area contributed by atoms with Gasteiger partial charge in [0.1, 0.15) is 5.75 Å². The molecule has 0 saturated heterocycles. The third kappa shape index (κ3) is 3.92. The third-order valence-corrected chi connectivity index (χ3v) is 3.54. The van der Waals surface area contributed by atoms with E-state index in [1.54, 1.807) is 37.3 Å². The van der Waals surface area contributed by atoms with Gasteiger partial charge in [0, 0.05) is 11.8 Å².